The number of carbonyl (C=O) groups is 1. The van der Waals surface area contributed by atoms with Crippen molar-refractivity contribution in [3.05, 3.63) is 41.0 Å². The molecule has 1 atom stereocenters. The van der Waals surface area contributed by atoms with Gasteiger partial charge in [-0.3, -0.25) is 4.79 Å². The Bertz CT molecular complexity index is 888. The molecule has 24 heavy (non-hydrogen) atoms. The smallest absolute Gasteiger partial charge is 0.317 e. The number of thioether (sulfide) groups is 1. The molecular weight excluding hydrogens is 340 g/mol. The molecule has 1 unspecified atom stereocenters. The molecule has 124 valence electrons. The molecule has 2 aromatic heterocycles. The minimum absolute atomic E-state index is 0.505. The lowest BCUT2D eigenvalue weighted by molar-refractivity contribution is -0.136. The first-order valence-electron chi connectivity index (χ1n) is 7.71. The van der Waals surface area contributed by atoms with Crippen molar-refractivity contribution >= 4 is 39.3 Å². The van der Waals surface area contributed by atoms with Gasteiger partial charge < -0.3 is 5.11 Å². The van der Waals surface area contributed by atoms with Crippen LogP contribution < -0.4 is 0 Å². The second-order valence-electron chi connectivity index (χ2n) is 5.61. The van der Waals surface area contributed by atoms with Gasteiger partial charge in [-0.2, -0.15) is 0 Å². The van der Waals surface area contributed by atoms with Gasteiger partial charge in [-0.25, -0.2) is 9.97 Å². The summed E-state index contributed by atoms with van der Waals surface area (Å²) in [6.07, 6.45) is 2.07. The van der Waals surface area contributed by atoms with E-state index in [0.29, 0.717) is 6.42 Å². The minimum Gasteiger partial charge on any atom is -0.480 e. The normalized spacial score (nSPS) is 12.5. The van der Waals surface area contributed by atoms with Gasteiger partial charge in [-0.1, -0.05) is 48.5 Å². The van der Waals surface area contributed by atoms with Gasteiger partial charge in [0.05, 0.1) is 5.39 Å². The Morgan fingerprint density at radius 1 is 1.25 bits per heavy atom. The number of carboxylic acid groups (broad SMARTS) is 1. The number of benzene rings is 1. The molecule has 0 aliphatic carbocycles. The SMILES string of the molecule is CCC(Sc1ncnc2sc(C)c(-c3ccc(C)cc3)c12)C(=O)O. The molecule has 6 heteroatoms. The van der Waals surface area contributed by atoms with Crippen molar-refractivity contribution in [1.82, 2.24) is 9.97 Å². The fourth-order valence-electron chi connectivity index (χ4n) is 2.62. The highest BCUT2D eigenvalue weighted by molar-refractivity contribution is 8.00. The Morgan fingerprint density at radius 2 is 1.96 bits per heavy atom. The third-order valence-electron chi connectivity index (χ3n) is 3.87. The number of thiophene rings is 1. The summed E-state index contributed by atoms with van der Waals surface area (Å²) in [5.74, 6) is -0.807. The van der Waals surface area contributed by atoms with Crippen molar-refractivity contribution in [2.24, 2.45) is 0 Å². The summed E-state index contributed by atoms with van der Waals surface area (Å²) in [5.41, 5.74) is 3.43. The molecule has 1 N–H and O–H groups in total. The van der Waals surface area contributed by atoms with E-state index in [1.165, 1.54) is 28.5 Å². The van der Waals surface area contributed by atoms with Gasteiger partial charge in [0.25, 0.3) is 0 Å². The Kier molecular flexibility index (Phi) is 4.87. The van der Waals surface area contributed by atoms with E-state index in [9.17, 15) is 9.90 Å². The maximum absolute atomic E-state index is 11.4. The molecule has 0 amide bonds. The van der Waals surface area contributed by atoms with E-state index in [-0.39, 0.29) is 0 Å². The first kappa shape index (κ1) is 16.9. The number of hydrogen-bond acceptors (Lipinski definition) is 5. The van der Waals surface area contributed by atoms with Crippen molar-refractivity contribution in [1.29, 1.82) is 0 Å². The Balaban J connectivity index is 2.17. The molecule has 0 fully saturated rings. The number of rotatable bonds is 5. The highest BCUT2D eigenvalue weighted by Gasteiger charge is 2.22. The lowest BCUT2D eigenvalue weighted by Gasteiger charge is -2.10. The zero-order valence-corrected chi connectivity index (χ0v) is 15.4. The summed E-state index contributed by atoms with van der Waals surface area (Å²) in [7, 11) is 0. The highest BCUT2D eigenvalue weighted by Crippen LogP contribution is 2.42. The maximum Gasteiger partial charge on any atom is 0.317 e. The summed E-state index contributed by atoms with van der Waals surface area (Å²) < 4.78 is 0. The molecule has 0 aliphatic heterocycles. The summed E-state index contributed by atoms with van der Waals surface area (Å²) in [6.45, 7) is 6.01. The lowest BCUT2D eigenvalue weighted by atomic mass is 10.0. The first-order valence-corrected chi connectivity index (χ1v) is 9.41. The Labute approximate surface area is 149 Å². The third-order valence-corrected chi connectivity index (χ3v) is 6.24. The number of aryl methyl sites for hydroxylation is 2. The Morgan fingerprint density at radius 3 is 2.58 bits per heavy atom. The molecule has 1 aromatic carbocycles. The number of aliphatic carboxylic acids is 1. The molecule has 0 saturated carbocycles. The summed E-state index contributed by atoms with van der Waals surface area (Å²) in [5, 5.41) is 10.6. The molecule has 0 spiro atoms. The first-order chi connectivity index (χ1) is 11.5. The summed E-state index contributed by atoms with van der Waals surface area (Å²) >= 11 is 2.93. The Hall–Kier alpha value is -1.92. The van der Waals surface area contributed by atoms with Crippen LogP contribution in [0.25, 0.3) is 21.3 Å². The number of carboxylic acids is 1. The summed E-state index contributed by atoms with van der Waals surface area (Å²) in [6, 6.07) is 8.36. The van der Waals surface area contributed by atoms with Crippen molar-refractivity contribution in [2.75, 3.05) is 0 Å². The quantitative estimate of drug-likeness (QED) is 0.517. The van der Waals surface area contributed by atoms with E-state index in [1.807, 2.05) is 6.92 Å². The van der Waals surface area contributed by atoms with Crippen LogP contribution in [0, 0.1) is 13.8 Å². The fourth-order valence-corrected chi connectivity index (χ4v) is 4.66. The van der Waals surface area contributed by atoms with Gasteiger partial charge in [0.15, 0.2) is 0 Å². The van der Waals surface area contributed by atoms with Crippen LogP contribution in [0.2, 0.25) is 0 Å². The molecule has 0 saturated heterocycles. The van der Waals surface area contributed by atoms with Crippen LogP contribution in [0.1, 0.15) is 23.8 Å². The van der Waals surface area contributed by atoms with E-state index < -0.39 is 11.2 Å². The topological polar surface area (TPSA) is 63.1 Å². The number of hydrogen-bond donors (Lipinski definition) is 1. The summed E-state index contributed by atoms with van der Waals surface area (Å²) in [4.78, 5) is 22.3. The van der Waals surface area contributed by atoms with Crippen LogP contribution in [0.4, 0.5) is 0 Å². The van der Waals surface area contributed by atoms with Gasteiger partial charge in [0, 0.05) is 10.4 Å². The van der Waals surface area contributed by atoms with Gasteiger partial charge in [0.2, 0.25) is 0 Å². The zero-order chi connectivity index (χ0) is 17.3. The number of aromatic nitrogens is 2. The fraction of sp³-hybridized carbons (Fsp3) is 0.278. The predicted molar refractivity (Wildman–Crippen MR) is 99.9 cm³/mol. The average molecular weight is 358 g/mol. The molecule has 2 heterocycles. The molecule has 4 nitrogen and oxygen atoms in total. The number of fused-ring (bicyclic) bond motifs is 1. The van der Waals surface area contributed by atoms with Crippen molar-refractivity contribution < 1.29 is 9.90 Å². The van der Waals surface area contributed by atoms with E-state index >= 15 is 0 Å². The molecule has 0 aliphatic rings. The van der Waals surface area contributed by atoms with Gasteiger partial charge in [-0.15, -0.1) is 11.3 Å². The van der Waals surface area contributed by atoms with Gasteiger partial charge in [0.1, 0.15) is 21.4 Å². The van der Waals surface area contributed by atoms with E-state index in [1.54, 1.807) is 11.3 Å². The van der Waals surface area contributed by atoms with Crippen LogP contribution in [0.3, 0.4) is 0 Å². The minimum atomic E-state index is -0.807. The number of nitrogens with zero attached hydrogens (tertiary/aromatic N) is 2. The lowest BCUT2D eigenvalue weighted by Crippen LogP contribution is -2.15. The highest BCUT2D eigenvalue weighted by atomic mass is 32.2. The van der Waals surface area contributed by atoms with Gasteiger partial charge in [-0.05, 0) is 25.8 Å². The standard InChI is InChI=1S/C18H18N2O2S2/c1-4-13(18(21)22)24-17-15-14(12-7-5-10(2)6-8-12)11(3)23-16(15)19-9-20-17/h5-9,13H,4H2,1-3H3,(H,21,22). The molecule has 3 aromatic rings. The van der Waals surface area contributed by atoms with Crippen LogP contribution >= 0.6 is 23.1 Å². The zero-order valence-electron chi connectivity index (χ0n) is 13.7. The van der Waals surface area contributed by atoms with E-state index in [0.717, 1.165) is 26.4 Å². The van der Waals surface area contributed by atoms with E-state index in [2.05, 4.69) is 48.1 Å². The van der Waals surface area contributed by atoms with Crippen molar-refractivity contribution in [2.45, 2.75) is 37.5 Å². The van der Waals surface area contributed by atoms with E-state index in [4.69, 9.17) is 0 Å². The van der Waals surface area contributed by atoms with Crippen LogP contribution in [0.15, 0.2) is 35.6 Å². The third kappa shape index (κ3) is 3.16. The second kappa shape index (κ2) is 6.91. The second-order valence-corrected chi connectivity index (χ2v) is 8.01. The largest absolute Gasteiger partial charge is 0.480 e. The predicted octanol–water partition coefficient (Wildman–Crippen LogP) is 4.93. The van der Waals surface area contributed by atoms with Crippen molar-refractivity contribution in [3.63, 3.8) is 0 Å². The maximum atomic E-state index is 11.4. The van der Waals surface area contributed by atoms with Gasteiger partial charge >= 0.3 is 5.97 Å². The van der Waals surface area contributed by atoms with Crippen molar-refractivity contribution in [3.8, 4) is 11.1 Å². The molecule has 0 radical (unpaired) electrons. The molecular formula is C18H18N2O2S2. The van der Waals surface area contributed by atoms with Crippen LogP contribution in [-0.2, 0) is 4.79 Å². The van der Waals surface area contributed by atoms with Crippen LogP contribution in [-0.4, -0.2) is 26.3 Å². The monoisotopic (exact) mass is 358 g/mol. The average Bonchev–Trinajstić information content (AvgIpc) is 2.89. The molecule has 0 bridgehead atoms. The molecule has 3 rings (SSSR count). The van der Waals surface area contributed by atoms with Crippen LogP contribution in [0.5, 0.6) is 0 Å².